The SMILES string of the molecule is Cc1cccc(NC(=O)CSc2nnc(NN)n2N)c1. The number of thioether (sulfide) groups is 1. The van der Waals surface area contributed by atoms with Gasteiger partial charge >= 0.3 is 0 Å². The summed E-state index contributed by atoms with van der Waals surface area (Å²) >= 11 is 1.17. The quantitative estimate of drug-likeness (QED) is 0.355. The number of carbonyl (C=O) groups is 1. The molecule has 0 radical (unpaired) electrons. The second-order valence-corrected chi connectivity index (χ2v) is 4.97. The van der Waals surface area contributed by atoms with Gasteiger partial charge in [0, 0.05) is 5.69 Å². The van der Waals surface area contributed by atoms with Crippen molar-refractivity contribution in [2.24, 2.45) is 5.84 Å². The van der Waals surface area contributed by atoms with Gasteiger partial charge < -0.3 is 11.2 Å². The minimum Gasteiger partial charge on any atom is -0.334 e. The fourth-order valence-electron chi connectivity index (χ4n) is 1.52. The summed E-state index contributed by atoms with van der Waals surface area (Å²) in [7, 11) is 0. The highest BCUT2D eigenvalue weighted by Crippen LogP contribution is 2.17. The van der Waals surface area contributed by atoms with Gasteiger partial charge in [-0.05, 0) is 24.6 Å². The first-order valence-corrected chi connectivity index (χ1v) is 6.75. The van der Waals surface area contributed by atoms with E-state index in [0.717, 1.165) is 11.3 Å². The van der Waals surface area contributed by atoms with Crippen molar-refractivity contribution in [1.82, 2.24) is 14.9 Å². The van der Waals surface area contributed by atoms with Crippen LogP contribution >= 0.6 is 11.8 Å². The maximum atomic E-state index is 11.8. The summed E-state index contributed by atoms with van der Waals surface area (Å²) < 4.78 is 1.19. The molecule has 2 aromatic rings. The smallest absolute Gasteiger partial charge is 0.258 e. The molecule has 0 spiro atoms. The Balaban J connectivity index is 1.90. The molecule has 0 fully saturated rings. The van der Waals surface area contributed by atoms with Gasteiger partial charge in [-0.1, -0.05) is 23.9 Å². The number of anilines is 2. The zero-order chi connectivity index (χ0) is 14.5. The fourth-order valence-corrected chi connectivity index (χ4v) is 2.18. The number of nitrogens with zero attached hydrogens (tertiary/aromatic N) is 3. The molecule has 2 rings (SSSR count). The molecule has 0 aliphatic heterocycles. The molecule has 0 unspecified atom stereocenters. The molecule has 1 aromatic carbocycles. The van der Waals surface area contributed by atoms with E-state index >= 15 is 0 Å². The molecular formula is C11H15N7OS. The van der Waals surface area contributed by atoms with E-state index in [1.165, 1.54) is 16.4 Å². The van der Waals surface area contributed by atoms with E-state index in [0.29, 0.717) is 5.16 Å². The number of hydrogen-bond donors (Lipinski definition) is 4. The Morgan fingerprint density at radius 3 is 2.90 bits per heavy atom. The van der Waals surface area contributed by atoms with Crippen molar-refractivity contribution in [3.8, 4) is 0 Å². The number of amides is 1. The Hall–Kier alpha value is -2.26. The Morgan fingerprint density at radius 2 is 2.25 bits per heavy atom. The molecule has 0 aliphatic rings. The summed E-state index contributed by atoms with van der Waals surface area (Å²) in [4.78, 5) is 11.8. The summed E-state index contributed by atoms with van der Waals surface area (Å²) in [5.74, 6) is 11.1. The van der Waals surface area contributed by atoms with E-state index in [4.69, 9.17) is 11.7 Å². The largest absolute Gasteiger partial charge is 0.334 e. The number of hydrazine groups is 1. The Kier molecular flexibility index (Phi) is 4.43. The van der Waals surface area contributed by atoms with E-state index in [1.54, 1.807) is 0 Å². The minimum absolute atomic E-state index is 0.147. The van der Waals surface area contributed by atoms with Crippen LogP contribution in [0, 0.1) is 6.92 Å². The van der Waals surface area contributed by atoms with Crippen molar-refractivity contribution in [2.45, 2.75) is 12.1 Å². The molecule has 1 aromatic heterocycles. The first-order chi connectivity index (χ1) is 9.60. The van der Waals surface area contributed by atoms with Gasteiger partial charge in [0.1, 0.15) is 0 Å². The summed E-state index contributed by atoms with van der Waals surface area (Å²) in [6.45, 7) is 1.96. The van der Waals surface area contributed by atoms with Gasteiger partial charge in [0.25, 0.3) is 5.95 Å². The van der Waals surface area contributed by atoms with Gasteiger partial charge in [0.05, 0.1) is 5.75 Å². The van der Waals surface area contributed by atoms with Gasteiger partial charge in [0.15, 0.2) is 0 Å². The molecule has 9 heteroatoms. The van der Waals surface area contributed by atoms with Gasteiger partial charge in [-0.2, -0.15) is 0 Å². The number of nitrogen functional groups attached to an aromatic ring is 2. The van der Waals surface area contributed by atoms with Crippen LogP contribution in [0.4, 0.5) is 11.6 Å². The van der Waals surface area contributed by atoms with Crippen molar-refractivity contribution in [1.29, 1.82) is 0 Å². The zero-order valence-electron chi connectivity index (χ0n) is 10.8. The highest BCUT2D eigenvalue weighted by atomic mass is 32.2. The van der Waals surface area contributed by atoms with Crippen LogP contribution in [0.25, 0.3) is 0 Å². The fraction of sp³-hybridized carbons (Fsp3) is 0.182. The molecule has 20 heavy (non-hydrogen) atoms. The van der Waals surface area contributed by atoms with Crippen molar-refractivity contribution in [2.75, 3.05) is 22.3 Å². The molecule has 0 saturated heterocycles. The second-order valence-electron chi connectivity index (χ2n) is 4.03. The van der Waals surface area contributed by atoms with Crippen molar-refractivity contribution >= 4 is 29.3 Å². The lowest BCUT2D eigenvalue weighted by molar-refractivity contribution is -0.113. The molecule has 1 heterocycles. The van der Waals surface area contributed by atoms with Crippen LogP contribution in [0.5, 0.6) is 0 Å². The molecule has 0 bridgehead atoms. The average Bonchev–Trinajstić information content (AvgIpc) is 2.77. The third kappa shape index (κ3) is 3.39. The Bertz CT molecular complexity index is 613. The van der Waals surface area contributed by atoms with Crippen LogP contribution in [0.1, 0.15) is 5.56 Å². The predicted octanol–water partition coefficient (Wildman–Crippen LogP) is 0.317. The monoisotopic (exact) mass is 293 g/mol. The average molecular weight is 293 g/mol. The van der Waals surface area contributed by atoms with Crippen LogP contribution in [0.3, 0.4) is 0 Å². The number of aryl methyl sites for hydroxylation is 1. The lowest BCUT2D eigenvalue weighted by Crippen LogP contribution is -2.19. The molecule has 1 amide bonds. The second kappa shape index (κ2) is 6.26. The van der Waals surface area contributed by atoms with Crippen LogP contribution < -0.4 is 22.4 Å². The van der Waals surface area contributed by atoms with E-state index < -0.39 is 0 Å². The van der Waals surface area contributed by atoms with E-state index in [1.807, 2.05) is 31.2 Å². The third-order valence-electron chi connectivity index (χ3n) is 2.43. The summed E-state index contributed by atoms with van der Waals surface area (Å²) in [5.41, 5.74) is 4.14. The van der Waals surface area contributed by atoms with E-state index in [-0.39, 0.29) is 17.6 Å². The molecule has 8 nitrogen and oxygen atoms in total. The highest BCUT2D eigenvalue weighted by molar-refractivity contribution is 7.99. The number of rotatable bonds is 5. The topological polar surface area (TPSA) is 124 Å². The first kappa shape index (κ1) is 14.2. The zero-order valence-corrected chi connectivity index (χ0v) is 11.6. The predicted molar refractivity (Wildman–Crippen MR) is 78.5 cm³/mol. The summed E-state index contributed by atoms with van der Waals surface area (Å²) in [6, 6.07) is 7.57. The van der Waals surface area contributed by atoms with E-state index in [9.17, 15) is 4.79 Å². The van der Waals surface area contributed by atoms with Crippen molar-refractivity contribution in [3.05, 3.63) is 29.8 Å². The lowest BCUT2D eigenvalue weighted by Gasteiger charge is -2.05. The first-order valence-electron chi connectivity index (χ1n) is 5.76. The standard InChI is InChI=1S/C11H15N7OS/c1-7-3-2-4-8(5-7)14-9(19)6-20-11-17-16-10(15-12)18(11)13/h2-5H,6,12-13H2,1H3,(H,14,19)(H,15,16). The lowest BCUT2D eigenvalue weighted by atomic mass is 10.2. The van der Waals surface area contributed by atoms with Crippen molar-refractivity contribution in [3.63, 3.8) is 0 Å². The van der Waals surface area contributed by atoms with Gasteiger partial charge in [0.2, 0.25) is 11.1 Å². The molecule has 106 valence electrons. The minimum atomic E-state index is -0.147. The Morgan fingerprint density at radius 1 is 1.45 bits per heavy atom. The molecule has 0 aliphatic carbocycles. The molecule has 0 atom stereocenters. The van der Waals surface area contributed by atoms with E-state index in [2.05, 4.69) is 20.9 Å². The van der Waals surface area contributed by atoms with Crippen LogP contribution in [0.2, 0.25) is 0 Å². The maximum absolute atomic E-state index is 11.8. The number of hydrogen-bond acceptors (Lipinski definition) is 7. The molecule has 6 N–H and O–H groups in total. The number of aromatic nitrogens is 3. The van der Waals surface area contributed by atoms with Gasteiger partial charge in [-0.25, -0.2) is 10.5 Å². The van der Waals surface area contributed by atoms with Crippen LogP contribution in [0.15, 0.2) is 29.4 Å². The number of nitrogens with one attached hydrogen (secondary N) is 2. The number of carbonyl (C=O) groups excluding carboxylic acids is 1. The van der Waals surface area contributed by atoms with Gasteiger partial charge in [-0.3, -0.25) is 10.2 Å². The highest BCUT2D eigenvalue weighted by Gasteiger charge is 2.11. The van der Waals surface area contributed by atoms with Gasteiger partial charge in [-0.15, -0.1) is 10.2 Å². The van der Waals surface area contributed by atoms with Crippen molar-refractivity contribution < 1.29 is 4.79 Å². The summed E-state index contributed by atoms with van der Waals surface area (Å²) in [6.07, 6.45) is 0. The molecule has 0 saturated carbocycles. The third-order valence-corrected chi connectivity index (χ3v) is 3.37. The normalized spacial score (nSPS) is 10.3. The maximum Gasteiger partial charge on any atom is 0.258 e. The molecular weight excluding hydrogens is 278 g/mol. The summed E-state index contributed by atoms with van der Waals surface area (Å²) in [5, 5.41) is 10.7. The number of benzene rings is 1. The Labute approximate surface area is 119 Å². The van der Waals surface area contributed by atoms with Crippen LogP contribution in [-0.2, 0) is 4.79 Å². The number of nitrogens with two attached hydrogens (primary N) is 2. The van der Waals surface area contributed by atoms with Crippen LogP contribution in [-0.4, -0.2) is 26.5 Å².